The standard InChI is InChI=1S/C37H23N3Se/c1-3-12-24(13-4-1)35-38-36(25-14-5-2-6-15-25)40-37(39-35)32-23-22-28(26-16-7-8-17-27(26)32)30-19-11-20-31-29-18-9-10-21-33(29)41-34(30)31/h1-23H. The van der Waals surface area contributed by atoms with Crippen LogP contribution in [0.3, 0.4) is 0 Å². The molecule has 0 aliphatic rings. The zero-order valence-corrected chi connectivity index (χ0v) is 23.7. The molecule has 2 heterocycles. The van der Waals surface area contributed by atoms with Crippen LogP contribution in [0.25, 0.3) is 75.4 Å². The van der Waals surface area contributed by atoms with Gasteiger partial charge in [0.05, 0.1) is 0 Å². The van der Waals surface area contributed by atoms with Crippen LogP contribution in [0.4, 0.5) is 0 Å². The summed E-state index contributed by atoms with van der Waals surface area (Å²) in [5, 5.41) is 5.07. The first kappa shape index (κ1) is 24.0. The molecule has 4 heteroatoms. The summed E-state index contributed by atoms with van der Waals surface area (Å²) in [5.41, 5.74) is 5.50. The Balaban J connectivity index is 1.36. The van der Waals surface area contributed by atoms with Gasteiger partial charge < -0.3 is 0 Å². The molecule has 2 aromatic heterocycles. The van der Waals surface area contributed by atoms with Crippen LogP contribution in [0.2, 0.25) is 0 Å². The van der Waals surface area contributed by atoms with E-state index in [0.29, 0.717) is 17.5 Å². The van der Waals surface area contributed by atoms with Gasteiger partial charge in [-0.25, -0.2) is 0 Å². The molecule has 0 saturated carbocycles. The molecule has 192 valence electrons. The molecule has 41 heavy (non-hydrogen) atoms. The summed E-state index contributed by atoms with van der Waals surface area (Å²) in [6.45, 7) is 0. The predicted molar refractivity (Wildman–Crippen MR) is 171 cm³/mol. The predicted octanol–water partition coefficient (Wildman–Crippen LogP) is 9.06. The molecular weight excluding hydrogens is 565 g/mol. The zero-order valence-electron chi connectivity index (χ0n) is 22.0. The number of hydrogen-bond acceptors (Lipinski definition) is 3. The molecule has 0 radical (unpaired) electrons. The van der Waals surface area contributed by atoms with Crippen molar-refractivity contribution in [2.24, 2.45) is 0 Å². The minimum atomic E-state index is 0.270. The summed E-state index contributed by atoms with van der Waals surface area (Å²) < 4.78 is 2.91. The average molecular weight is 589 g/mol. The van der Waals surface area contributed by atoms with Crippen LogP contribution in [-0.4, -0.2) is 29.5 Å². The van der Waals surface area contributed by atoms with Crippen LogP contribution >= 0.6 is 0 Å². The average Bonchev–Trinajstić information content (AvgIpc) is 3.44. The van der Waals surface area contributed by atoms with Gasteiger partial charge >= 0.3 is 232 Å². The number of benzene rings is 6. The Labute approximate surface area is 243 Å². The third kappa shape index (κ3) is 4.17. The Hall–Kier alpha value is -4.89. The van der Waals surface area contributed by atoms with Gasteiger partial charge in [-0.2, -0.15) is 0 Å². The fourth-order valence-electron chi connectivity index (χ4n) is 5.62. The fourth-order valence-corrected chi connectivity index (χ4v) is 8.20. The molecule has 0 amide bonds. The molecule has 0 saturated heterocycles. The monoisotopic (exact) mass is 589 g/mol. The van der Waals surface area contributed by atoms with Crippen molar-refractivity contribution < 1.29 is 0 Å². The van der Waals surface area contributed by atoms with Crippen LogP contribution in [-0.2, 0) is 0 Å². The van der Waals surface area contributed by atoms with E-state index in [-0.39, 0.29) is 14.5 Å². The second kappa shape index (κ2) is 9.94. The van der Waals surface area contributed by atoms with Gasteiger partial charge in [-0.15, -0.1) is 0 Å². The van der Waals surface area contributed by atoms with E-state index in [1.54, 1.807) is 0 Å². The summed E-state index contributed by atoms with van der Waals surface area (Å²) in [5.74, 6) is 2.02. The molecule has 0 unspecified atom stereocenters. The van der Waals surface area contributed by atoms with Crippen LogP contribution in [0.1, 0.15) is 0 Å². The topological polar surface area (TPSA) is 38.7 Å². The Kier molecular flexibility index (Phi) is 5.81. The first-order valence-corrected chi connectivity index (χ1v) is 15.3. The molecule has 6 aromatic carbocycles. The van der Waals surface area contributed by atoms with E-state index in [9.17, 15) is 0 Å². The summed E-state index contributed by atoms with van der Waals surface area (Å²) in [6.07, 6.45) is 0. The number of rotatable bonds is 4. The van der Waals surface area contributed by atoms with E-state index in [1.165, 1.54) is 35.8 Å². The van der Waals surface area contributed by atoms with Gasteiger partial charge in [-0.1, -0.05) is 12.1 Å². The quantitative estimate of drug-likeness (QED) is 0.193. The van der Waals surface area contributed by atoms with Crippen molar-refractivity contribution >= 4 is 44.6 Å². The first-order valence-electron chi connectivity index (χ1n) is 13.6. The maximum absolute atomic E-state index is 5.02. The summed E-state index contributed by atoms with van der Waals surface area (Å²) in [6, 6.07) is 48.9. The van der Waals surface area contributed by atoms with Crippen molar-refractivity contribution in [1.82, 2.24) is 15.0 Å². The number of aromatic nitrogens is 3. The summed E-state index contributed by atoms with van der Waals surface area (Å²) in [7, 11) is 0. The molecule has 0 atom stereocenters. The van der Waals surface area contributed by atoms with Crippen molar-refractivity contribution in [2.45, 2.75) is 0 Å². The second-order valence-corrected chi connectivity index (χ2v) is 12.2. The van der Waals surface area contributed by atoms with E-state index in [2.05, 4.69) is 78.9 Å². The van der Waals surface area contributed by atoms with Crippen LogP contribution < -0.4 is 0 Å². The molecule has 0 aliphatic carbocycles. The van der Waals surface area contributed by atoms with Crippen LogP contribution in [0.5, 0.6) is 0 Å². The van der Waals surface area contributed by atoms with Gasteiger partial charge in [-0.3, -0.25) is 0 Å². The van der Waals surface area contributed by atoms with E-state index in [0.717, 1.165) is 22.1 Å². The SMILES string of the molecule is c1ccc(-c2nc(-c3ccccc3)nc(-c3ccc(-c4cccc5c4[se]c4ccccc45)c4ccccc34)n2)cc1. The van der Waals surface area contributed by atoms with Crippen molar-refractivity contribution in [3.63, 3.8) is 0 Å². The van der Waals surface area contributed by atoms with Gasteiger partial charge in [0, 0.05) is 0 Å². The van der Waals surface area contributed by atoms with E-state index >= 15 is 0 Å². The van der Waals surface area contributed by atoms with Crippen molar-refractivity contribution in [3.8, 4) is 45.3 Å². The Morgan fingerprint density at radius 3 is 1.54 bits per heavy atom. The molecular formula is C37H23N3Se. The maximum atomic E-state index is 5.02. The third-order valence-electron chi connectivity index (χ3n) is 7.56. The van der Waals surface area contributed by atoms with Gasteiger partial charge in [0.1, 0.15) is 0 Å². The Morgan fingerprint density at radius 2 is 0.854 bits per heavy atom. The van der Waals surface area contributed by atoms with Crippen LogP contribution in [0.15, 0.2) is 140 Å². The second-order valence-electron chi connectivity index (χ2n) is 10.0. The number of nitrogens with zero attached hydrogens (tertiary/aromatic N) is 3. The van der Waals surface area contributed by atoms with E-state index in [1.807, 2.05) is 60.7 Å². The number of hydrogen-bond donors (Lipinski definition) is 0. The van der Waals surface area contributed by atoms with Crippen LogP contribution in [0, 0.1) is 0 Å². The Bertz CT molecular complexity index is 2140. The molecule has 0 N–H and O–H groups in total. The molecule has 0 fully saturated rings. The fraction of sp³-hybridized carbons (Fsp3) is 0. The molecule has 8 rings (SSSR count). The third-order valence-corrected chi connectivity index (χ3v) is 10.1. The van der Waals surface area contributed by atoms with Gasteiger partial charge in [-0.05, 0) is 0 Å². The normalized spacial score (nSPS) is 11.4. The molecule has 3 nitrogen and oxygen atoms in total. The summed E-state index contributed by atoms with van der Waals surface area (Å²) >= 11 is 0.270. The molecule has 0 aliphatic heterocycles. The van der Waals surface area contributed by atoms with Gasteiger partial charge in [0.15, 0.2) is 0 Å². The van der Waals surface area contributed by atoms with Gasteiger partial charge in [0.25, 0.3) is 0 Å². The molecule has 0 spiro atoms. The van der Waals surface area contributed by atoms with Crippen molar-refractivity contribution in [3.05, 3.63) is 140 Å². The number of fused-ring (bicyclic) bond motifs is 4. The first-order chi connectivity index (χ1) is 20.3. The van der Waals surface area contributed by atoms with Crippen molar-refractivity contribution in [2.75, 3.05) is 0 Å². The Morgan fingerprint density at radius 1 is 0.341 bits per heavy atom. The molecule has 8 aromatic rings. The van der Waals surface area contributed by atoms with Crippen molar-refractivity contribution in [1.29, 1.82) is 0 Å². The zero-order chi connectivity index (χ0) is 27.2. The van der Waals surface area contributed by atoms with E-state index in [4.69, 9.17) is 15.0 Å². The van der Waals surface area contributed by atoms with Gasteiger partial charge in [0.2, 0.25) is 0 Å². The summed E-state index contributed by atoms with van der Waals surface area (Å²) in [4.78, 5) is 14.9. The molecule has 0 bridgehead atoms. The van der Waals surface area contributed by atoms with E-state index < -0.39 is 0 Å². The minimum absolute atomic E-state index is 0.270.